The third-order valence-corrected chi connectivity index (χ3v) is 3.90. The molecular weight excluding hydrogens is 218 g/mol. The maximum atomic E-state index is 5.24. The van der Waals surface area contributed by atoms with E-state index in [0.717, 1.165) is 5.75 Å². The lowest BCUT2D eigenvalue weighted by Gasteiger charge is -2.13. The van der Waals surface area contributed by atoms with Crippen molar-refractivity contribution in [3.05, 3.63) is 29.8 Å². The predicted molar refractivity (Wildman–Crippen MR) is 71.1 cm³/mol. The van der Waals surface area contributed by atoms with Crippen molar-refractivity contribution in [2.24, 2.45) is 0 Å². The first-order valence-electron chi connectivity index (χ1n) is 5.60. The molecule has 0 bridgehead atoms. The molecule has 0 radical (unpaired) electrons. The molecule has 2 nitrogen and oxygen atoms in total. The topological polar surface area (TPSA) is 21.3 Å². The predicted octanol–water partition coefficient (Wildman–Crippen LogP) is 3.09. The first kappa shape index (κ1) is 13.6. The van der Waals surface area contributed by atoms with Crippen molar-refractivity contribution in [1.29, 1.82) is 0 Å². The summed E-state index contributed by atoms with van der Waals surface area (Å²) in [5.41, 5.74) is 1.33. The van der Waals surface area contributed by atoms with Crippen LogP contribution in [0.1, 0.15) is 25.5 Å². The number of thioether (sulfide) groups is 1. The zero-order valence-electron chi connectivity index (χ0n) is 10.5. The summed E-state index contributed by atoms with van der Waals surface area (Å²) in [5.74, 6) is 0.994. The zero-order chi connectivity index (χ0) is 12.0. The van der Waals surface area contributed by atoms with Gasteiger partial charge in [0.2, 0.25) is 0 Å². The van der Waals surface area contributed by atoms with E-state index in [1.165, 1.54) is 10.5 Å². The van der Waals surface area contributed by atoms with Gasteiger partial charge in [0.15, 0.2) is 0 Å². The standard InChI is InChI=1S/C13H21NOS/c1-10(15-4)9-16-13-7-5-6-12(8-13)11(2)14-3/h5-8,10-11,14H,9H2,1-4H3. The van der Waals surface area contributed by atoms with Crippen molar-refractivity contribution >= 4 is 11.8 Å². The second-order valence-corrected chi connectivity index (χ2v) is 5.03. The minimum atomic E-state index is 0.301. The van der Waals surface area contributed by atoms with Crippen LogP contribution in [0.5, 0.6) is 0 Å². The Bertz CT molecular complexity index is 317. The Kier molecular flexibility index (Phi) is 5.88. The summed E-state index contributed by atoms with van der Waals surface area (Å²) in [6.45, 7) is 4.26. The van der Waals surface area contributed by atoms with Crippen LogP contribution in [0.2, 0.25) is 0 Å². The van der Waals surface area contributed by atoms with Crippen LogP contribution in [0.25, 0.3) is 0 Å². The Labute approximate surface area is 103 Å². The van der Waals surface area contributed by atoms with Gasteiger partial charge in [-0.1, -0.05) is 12.1 Å². The Morgan fingerprint density at radius 3 is 2.75 bits per heavy atom. The normalized spacial score (nSPS) is 14.8. The van der Waals surface area contributed by atoms with E-state index in [0.29, 0.717) is 12.1 Å². The third-order valence-electron chi connectivity index (χ3n) is 2.68. The molecular formula is C13H21NOS. The lowest BCUT2D eigenvalue weighted by Crippen LogP contribution is -2.12. The van der Waals surface area contributed by atoms with E-state index in [1.54, 1.807) is 7.11 Å². The molecule has 1 aromatic carbocycles. The van der Waals surface area contributed by atoms with Gasteiger partial charge in [0.05, 0.1) is 6.10 Å². The van der Waals surface area contributed by atoms with E-state index in [9.17, 15) is 0 Å². The highest BCUT2D eigenvalue weighted by Gasteiger charge is 2.05. The van der Waals surface area contributed by atoms with Gasteiger partial charge in [-0.3, -0.25) is 0 Å². The number of ether oxygens (including phenoxy) is 1. The van der Waals surface area contributed by atoms with Crippen LogP contribution in [0.4, 0.5) is 0 Å². The van der Waals surface area contributed by atoms with Crippen molar-refractivity contribution in [1.82, 2.24) is 5.32 Å². The van der Waals surface area contributed by atoms with Crippen molar-refractivity contribution in [2.45, 2.75) is 30.9 Å². The highest BCUT2D eigenvalue weighted by Crippen LogP contribution is 2.23. The molecule has 90 valence electrons. The first-order valence-corrected chi connectivity index (χ1v) is 6.58. The summed E-state index contributed by atoms with van der Waals surface area (Å²) < 4.78 is 5.24. The fourth-order valence-corrected chi connectivity index (χ4v) is 2.28. The Balaban J connectivity index is 2.60. The summed E-state index contributed by atoms with van der Waals surface area (Å²) >= 11 is 1.84. The molecule has 3 heteroatoms. The average Bonchev–Trinajstić information content (AvgIpc) is 2.35. The quantitative estimate of drug-likeness (QED) is 0.771. The second kappa shape index (κ2) is 6.94. The van der Waals surface area contributed by atoms with Gasteiger partial charge >= 0.3 is 0 Å². The molecule has 0 saturated heterocycles. The van der Waals surface area contributed by atoms with Gasteiger partial charge in [-0.15, -0.1) is 11.8 Å². The largest absolute Gasteiger partial charge is 0.381 e. The van der Waals surface area contributed by atoms with Crippen LogP contribution in [0, 0.1) is 0 Å². The monoisotopic (exact) mass is 239 g/mol. The highest BCUT2D eigenvalue weighted by molar-refractivity contribution is 7.99. The van der Waals surface area contributed by atoms with Crippen LogP contribution >= 0.6 is 11.8 Å². The van der Waals surface area contributed by atoms with Crippen LogP contribution in [-0.4, -0.2) is 26.0 Å². The van der Waals surface area contributed by atoms with Gasteiger partial charge in [0.25, 0.3) is 0 Å². The van der Waals surface area contributed by atoms with Crippen molar-refractivity contribution < 1.29 is 4.74 Å². The summed E-state index contributed by atoms with van der Waals surface area (Å²) in [4.78, 5) is 1.31. The van der Waals surface area contributed by atoms with Crippen LogP contribution in [0.15, 0.2) is 29.2 Å². The first-order chi connectivity index (χ1) is 7.67. The maximum absolute atomic E-state index is 5.24. The molecule has 0 heterocycles. The fraction of sp³-hybridized carbons (Fsp3) is 0.538. The van der Waals surface area contributed by atoms with Gasteiger partial charge in [0.1, 0.15) is 0 Å². The van der Waals surface area contributed by atoms with Crippen molar-refractivity contribution in [2.75, 3.05) is 19.9 Å². The van der Waals surface area contributed by atoms with Gasteiger partial charge in [0, 0.05) is 23.8 Å². The maximum Gasteiger partial charge on any atom is 0.0637 e. The molecule has 0 aliphatic carbocycles. The summed E-state index contributed by atoms with van der Waals surface area (Å²) in [6, 6.07) is 9.07. The van der Waals surface area contributed by atoms with E-state index in [1.807, 2.05) is 18.8 Å². The van der Waals surface area contributed by atoms with Gasteiger partial charge < -0.3 is 10.1 Å². The van der Waals surface area contributed by atoms with Gasteiger partial charge in [-0.2, -0.15) is 0 Å². The molecule has 2 atom stereocenters. The van der Waals surface area contributed by atoms with E-state index in [-0.39, 0.29) is 0 Å². The molecule has 0 aliphatic rings. The molecule has 1 N–H and O–H groups in total. The van der Waals surface area contributed by atoms with Crippen LogP contribution < -0.4 is 5.32 Å². The molecule has 1 aromatic rings. The Morgan fingerprint density at radius 2 is 2.12 bits per heavy atom. The molecule has 1 rings (SSSR count). The number of rotatable bonds is 6. The zero-order valence-corrected chi connectivity index (χ0v) is 11.3. The summed E-state index contributed by atoms with van der Waals surface area (Å²) in [6.07, 6.45) is 0.301. The number of hydrogen-bond acceptors (Lipinski definition) is 3. The Morgan fingerprint density at radius 1 is 1.38 bits per heavy atom. The number of methoxy groups -OCH3 is 1. The van der Waals surface area contributed by atoms with E-state index < -0.39 is 0 Å². The van der Waals surface area contributed by atoms with E-state index >= 15 is 0 Å². The molecule has 0 fully saturated rings. The molecule has 0 amide bonds. The van der Waals surface area contributed by atoms with Crippen molar-refractivity contribution in [3.8, 4) is 0 Å². The lowest BCUT2D eigenvalue weighted by atomic mass is 10.1. The molecule has 0 aliphatic heterocycles. The minimum Gasteiger partial charge on any atom is -0.381 e. The molecule has 0 saturated carbocycles. The molecule has 2 unspecified atom stereocenters. The fourth-order valence-electron chi connectivity index (χ4n) is 1.32. The average molecular weight is 239 g/mol. The van der Waals surface area contributed by atoms with Crippen LogP contribution in [-0.2, 0) is 4.74 Å². The number of benzene rings is 1. The smallest absolute Gasteiger partial charge is 0.0637 e. The van der Waals surface area contributed by atoms with Gasteiger partial charge in [-0.25, -0.2) is 0 Å². The SMILES string of the molecule is CNC(C)c1cccc(SCC(C)OC)c1. The van der Waals surface area contributed by atoms with Crippen LogP contribution in [0.3, 0.4) is 0 Å². The Hall–Kier alpha value is -0.510. The second-order valence-electron chi connectivity index (χ2n) is 3.94. The summed E-state index contributed by atoms with van der Waals surface area (Å²) in [7, 11) is 3.74. The molecule has 0 spiro atoms. The van der Waals surface area contributed by atoms with E-state index in [4.69, 9.17) is 4.74 Å². The minimum absolute atomic E-state index is 0.301. The summed E-state index contributed by atoms with van der Waals surface area (Å²) in [5, 5.41) is 3.25. The van der Waals surface area contributed by atoms with Crippen molar-refractivity contribution in [3.63, 3.8) is 0 Å². The molecule has 0 aromatic heterocycles. The highest BCUT2D eigenvalue weighted by atomic mass is 32.2. The van der Waals surface area contributed by atoms with E-state index in [2.05, 4.69) is 43.4 Å². The van der Waals surface area contributed by atoms with Gasteiger partial charge in [-0.05, 0) is 38.6 Å². The molecule has 16 heavy (non-hydrogen) atoms. The number of nitrogens with one attached hydrogen (secondary N) is 1. The number of hydrogen-bond donors (Lipinski definition) is 1. The third kappa shape index (κ3) is 4.16. The lowest BCUT2D eigenvalue weighted by molar-refractivity contribution is 0.138.